The molecule has 190 valence electrons. The van der Waals surface area contributed by atoms with Gasteiger partial charge in [-0.15, -0.1) is 23.5 Å². The lowest BCUT2D eigenvalue weighted by atomic mass is 10.0. The van der Waals surface area contributed by atoms with Crippen molar-refractivity contribution in [1.82, 2.24) is 0 Å². The summed E-state index contributed by atoms with van der Waals surface area (Å²) >= 11 is 4.06. The molecule has 2 atom stereocenters. The Balaban J connectivity index is 0.997. The summed E-state index contributed by atoms with van der Waals surface area (Å²) in [6.45, 7) is 0. The van der Waals surface area contributed by atoms with Crippen LogP contribution in [0.15, 0.2) is 131 Å². The topological polar surface area (TPSA) is 0 Å². The van der Waals surface area contributed by atoms with Crippen molar-refractivity contribution in [3.05, 3.63) is 155 Å². The zero-order chi connectivity index (χ0) is 26.5. The minimum atomic E-state index is 0.494. The fraction of sp³-hybridized carbons (Fsp3) is 0.0526. The standard InChI is InChI=1S/C38H26S2/c1-3-7-31-21-25(13-17-29(31)5-1)9-11-27-15-19-33-35(23-27)39-38-34-20-16-28(24-36(34)40-37(33)38)12-10-26-14-18-30-6-2-4-8-32(30)22-26/h1-24,37-38H/b11-9+,12-10+. The van der Waals surface area contributed by atoms with E-state index in [0.717, 1.165) is 0 Å². The number of hydrogen-bond donors (Lipinski definition) is 0. The van der Waals surface area contributed by atoms with E-state index < -0.39 is 0 Å². The lowest BCUT2D eigenvalue weighted by molar-refractivity contribution is 0.938. The van der Waals surface area contributed by atoms with Gasteiger partial charge in [-0.25, -0.2) is 0 Å². The molecule has 0 aliphatic carbocycles. The minimum Gasteiger partial charge on any atom is -0.116 e. The zero-order valence-corrected chi connectivity index (χ0v) is 23.5. The van der Waals surface area contributed by atoms with Crippen LogP contribution in [-0.2, 0) is 0 Å². The molecule has 0 nitrogen and oxygen atoms in total. The summed E-state index contributed by atoms with van der Waals surface area (Å²) in [4.78, 5) is 2.85. The maximum Gasteiger partial charge on any atom is 0.0519 e. The molecule has 0 amide bonds. The highest BCUT2D eigenvalue weighted by molar-refractivity contribution is 8.05. The van der Waals surface area contributed by atoms with Crippen molar-refractivity contribution >= 4 is 69.4 Å². The summed E-state index contributed by atoms with van der Waals surface area (Å²) in [6, 6.07) is 44.4. The second-order valence-electron chi connectivity index (χ2n) is 10.6. The molecule has 6 aromatic carbocycles. The van der Waals surface area contributed by atoms with E-state index in [1.165, 1.54) is 64.7 Å². The molecule has 0 N–H and O–H groups in total. The van der Waals surface area contributed by atoms with Crippen LogP contribution in [0.2, 0.25) is 0 Å². The molecule has 0 fully saturated rings. The maximum atomic E-state index is 2.37. The van der Waals surface area contributed by atoms with E-state index in [4.69, 9.17) is 0 Å². The van der Waals surface area contributed by atoms with E-state index in [1.54, 1.807) is 0 Å². The van der Waals surface area contributed by atoms with Gasteiger partial charge in [-0.05, 0) is 79.2 Å². The monoisotopic (exact) mass is 546 g/mol. The van der Waals surface area contributed by atoms with E-state index in [-0.39, 0.29) is 0 Å². The molecule has 2 unspecified atom stereocenters. The van der Waals surface area contributed by atoms with Gasteiger partial charge in [0.05, 0.1) is 10.5 Å². The third-order valence-corrected chi connectivity index (χ3v) is 10.9. The molecule has 8 rings (SSSR count). The second kappa shape index (κ2) is 9.89. The van der Waals surface area contributed by atoms with Gasteiger partial charge in [-0.2, -0.15) is 0 Å². The first kappa shape index (κ1) is 23.9. The summed E-state index contributed by atoms with van der Waals surface area (Å²) in [5, 5.41) is 6.12. The Morgan fingerprint density at radius 1 is 0.375 bits per heavy atom. The van der Waals surface area contributed by atoms with Gasteiger partial charge >= 0.3 is 0 Å². The van der Waals surface area contributed by atoms with Crippen molar-refractivity contribution in [2.75, 3.05) is 0 Å². The fourth-order valence-electron chi connectivity index (χ4n) is 5.84. The highest BCUT2D eigenvalue weighted by atomic mass is 32.2. The third-order valence-electron chi connectivity index (χ3n) is 7.95. The summed E-state index contributed by atoms with van der Waals surface area (Å²) in [5.74, 6) is 0. The lowest BCUT2D eigenvalue weighted by Crippen LogP contribution is -1.91. The smallest absolute Gasteiger partial charge is 0.0519 e. The Bertz CT molecular complexity index is 1840. The number of rotatable bonds is 4. The largest absolute Gasteiger partial charge is 0.116 e. The van der Waals surface area contributed by atoms with Crippen LogP contribution in [0.25, 0.3) is 45.8 Å². The normalized spacial score (nSPS) is 17.6. The van der Waals surface area contributed by atoms with Crippen LogP contribution in [-0.4, -0.2) is 0 Å². The molecule has 0 saturated heterocycles. The van der Waals surface area contributed by atoms with Gasteiger partial charge < -0.3 is 0 Å². The van der Waals surface area contributed by atoms with E-state index >= 15 is 0 Å². The average Bonchev–Trinajstić information content (AvgIpc) is 3.54. The Hall–Kier alpha value is -3.98. The molecule has 0 saturated carbocycles. The van der Waals surface area contributed by atoms with Crippen LogP contribution in [0.5, 0.6) is 0 Å². The highest BCUT2D eigenvalue weighted by Crippen LogP contribution is 2.66. The molecule has 0 bridgehead atoms. The van der Waals surface area contributed by atoms with E-state index in [0.29, 0.717) is 10.5 Å². The molecule has 0 aromatic heterocycles. The molecule has 0 spiro atoms. The SMILES string of the molecule is C(=C\c1ccc2ccccc2c1)/c1ccc2c(c1)SC1c3ccc(/C=C/c4ccc5ccccc5c4)cc3SC21. The van der Waals surface area contributed by atoms with Crippen molar-refractivity contribution in [3.8, 4) is 0 Å². The molecule has 2 aliphatic rings. The van der Waals surface area contributed by atoms with Crippen LogP contribution in [0.4, 0.5) is 0 Å². The van der Waals surface area contributed by atoms with Gasteiger partial charge in [-0.1, -0.05) is 121 Å². The predicted molar refractivity (Wildman–Crippen MR) is 176 cm³/mol. The first-order valence-corrected chi connectivity index (χ1v) is 15.5. The van der Waals surface area contributed by atoms with Crippen LogP contribution in [0, 0.1) is 0 Å². The number of benzene rings is 6. The molecule has 0 radical (unpaired) electrons. The predicted octanol–water partition coefficient (Wildman–Crippen LogP) is 11.3. The molecule has 2 aliphatic heterocycles. The molecular formula is C38H26S2. The van der Waals surface area contributed by atoms with Gasteiger partial charge in [0.25, 0.3) is 0 Å². The van der Waals surface area contributed by atoms with Crippen LogP contribution >= 0.6 is 23.5 Å². The molecule has 6 aromatic rings. The summed E-state index contributed by atoms with van der Waals surface area (Å²) in [5.41, 5.74) is 7.95. The van der Waals surface area contributed by atoms with Crippen molar-refractivity contribution in [2.45, 2.75) is 20.3 Å². The Morgan fingerprint density at radius 2 is 0.750 bits per heavy atom. The van der Waals surface area contributed by atoms with Crippen molar-refractivity contribution in [3.63, 3.8) is 0 Å². The number of hydrogen-bond acceptors (Lipinski definition) is 2. The number of thioether (sulfide) groups is 2. The fourth-order valence-corrected chi connectivity index (χ4v) is 9.15. The number of fused-ring (bicyclic) bond motifs is 7. The Kier molecular flexibility index (Phi) is 5.90. The molecule has 2 heterocycles. The van der Waals surface area contributed by atoms with Crippen LogP contribution in [0.3, 0.4) is 0 Å². The van der Waals surface area contributed by atoms with Gasteiger partial charge in [0.15, 0.2) is 0 Å². The molecule has 40 heavy (non-hydrogen) atoms. The zero-order valence-electron chi connectivity index (χ0n) is 21.8. The molecular weight excluding hydrogens is 521 g/mol. The quantitative estimate of drug-likeness (QED) is 0.202. The van der Waals surface area contributed by atoms with Crippen LogP contribution < -0.4 is 0 Å². The highest BCUT2D eigenvalue weighted by Gasteiger charge is 2.41. The van der Waals surface area contributed by atoms with Gasteiger partial charge in [0.1, 0.15) is 0 Å². The second-order valence-corrected chi connectivity index (χ2v) is 12.9. The van der Waals surface area contributed by atoms with Gasteiger partial charge in [-0.3, -0.25) is 0 Å². The first-order valence-electron chi connectivity index (χ1n) is 13.7. The van der Waals surface area contributed by atoms with Gasteiger partial charge in [0.2, 0.25) is 0 Å². The maximum absolute atomic E-state index is 2.37. The minimum absolute atomic E-state index is 0.494. The van der Waals surface area contributed by atoms with E-state index in [9.17, 15) is 0 Å². The summed E-state index contributed by atoms with van der Waals surface area (Å²) < 4.78 is 0. The van der Waals surface area contributed by atoms with E-state index in [1.807, 2.05) is 23.5 Å². The first-order chi connectivity index (χ1) is 19.8. The Morgan fingerprint density at radius 3 is 1.20 bits per heavy atom. The molecule has 2 heteroatoms. The van der Waals surface area contributed by atoms with E-state index in [2.05, 4.69) is 146 Å². The average molecular weight is 547 g/mol. The third kappa shape index (κ3) is 4.38. The van der Waals surface area contributed by atoms with Crippen molar-refractivity contribution in [1.29, 1.82) is 0 Å². The van der Waals surface area contributed by atoms with Gasteiger partial charge in [0, 0.05) is 9.79 Å². The Labute approximate surface area is 243 Å². The summed E-state index contributed by atoms with van der Waals surface area (Å²) in [7, 11) is 0. The van der Waals surface area contributed by atoms with Crippen LogP contribution in [0.1, 0.15) is 43.9 Å². The summed E-state index contributed by atoms with van der Waals surface area (Å²) in [6.07, 6.45) is 8.94. The van der Waals surface area contributed by atoms with Crippen molar-refractivity contribution < 1.29 is 0 Å². The van der Waals surface area contributed by atoms with Crippen molar-refractivity contribution in [2.24, 2.45) is 0 Å². The lowest BCUT2D eigenvalue weighted by Gasteiger charge is -2.07.